The average molecular weight is 367 g/mol. The van der Waals surface area contributed by atoms with Crippen molar-refractivity contribution in [2.24, 2.45) is 5.41 Å². The van der Waals surface area contributed by atoms with Gasteiger partial charge in [0.1, 0.15) is 0 Å². The molecule has 0 aliphatic carbocycles. The summed E-state index contributed by atoms with van der Waals surface area (Å²) in [5, 5.41) is 9.07. The number of carbonyl (C=O) groups excluding carboxylic acids is 2. The average Bonchev–Trinajstić information content (AvgIpc) is 2.64. The van der Waals surface area contributed by atoms with Crippen LogP contribution in [0.2, 0.25) is 0 Å². The molecule has 0 atom stereocenters. The van der Waals surface area contributed by atoms with Crippen LogP contribution in [0.3, 0.4) is 0 Å². The number of carbonyl (C=O) groups is 2. The van der Waals surface area contributed by atoms with E-state index in [2.05, 4.69) is 43.6 Å². The maximum absolute atomic E-state index is 12.5. The number of amides is 2. The van der Waals surface area contributed by atoms with Crippen LogP contribution in [0, 0.1) is 5.41 Å². The molecule has 5 heteroatoms. The predicted molar refractivity (Wildman–Crippen MR) is 110 cm³/mol. The summed E-state index contributed by atoms with van der Waals surface area (Å²) >= 11 is 0. The summed E-state index contributed by atoms with van der Waals surface area (Å²) in [5.74, 6) is -0.328. The van der Waals surface area contributed by atoms with Crippen molar-refractivity contribution in [1.82, 2.24) is 10.6 Å². The van der Waals surface area contributed by atoms with E-state index in [1.165, 1.54) is 0 Å². The maximum Gasteiger partial charge on any atom is 0.255 e. The quantitative estimate of drug-likeness (QED) is 0.697. The Labute approximate surface area is 161 Å². The molecule has 27 heavy (non-hydrogen) atoms. The lowest BCUT2D eigenvalue weighted by Crippen LogP contribution is -2.32. The number of nitrogens with one attached hydrogen (secondary N) is 3. The van der Waals surface area contributed by atoms with Gasteiger partial charge in [0, 0.05) is 29.9 Å². The number of anilines is 1. The van der Waals surface area contributed by atoms with E-state index in [4.69, 9.17) is 0 Å². The normalized spacial score (nSPS) is 11.1. The number of hydrogen-bond donors (Lipinski definition) is 3. The van der Waals surface area contributed by atoms with E-state index in [9.17, 15) is 9.59 Å². The minimum atomic E-state index is -0.197. The van der Waals surface area contributed by atoms with Crippen LogP contribution in [0.25, 0.3) is 0 Å². The molecule has 2 amide bonds. The van der Waals surface area contributed by atoms with Crippen molar-refractivity contribution in [2.75, 3.05) is 18.4 Å². The maximum atomic E-state index is 12.5. The van der Waals surface area contributed by atoms with Gasteiger partial charge in [-0.1, -0.05) is 39.8 Å². The summed E-state index contributed by atoms with van der Waals surface area (Å²) in [6.07, 6.45) is 0. The van der Waals surface area contributed by atoms with Crippen LogP contribution in [0.4, 0.5) is 5.69 Å². The molecule has 0 saturated heterocycles. The van der Waals surface area contributed by atoms with Crippen molar-refractivity contribution in [1.29, 1.82) is 0 Å². The summed E-state index contributed by atoms with van der Waals surface area (Å²) in [5.41, 5.74) is 2.95. The molecular formula is C22H29N3O2. The standard InChI is InChI=1S/C22H29N3O2/c1-5-23-14-16-7-6-8-19(13-16)25-21(27)18-11-9-17(10-12-18)20(26)24-15-22(2,3)4/h6-13,23H,5,14-15H2,1-4H3,(H,24,26)(H,25,27). The van der Waals surface area contributed by atoms with Crippen molar-refractivity contribution in [2.45, 2.75) is 34.2 Å². The molecule has 0 radical (unpaired) electrons. The Morgan fingerprint density at radius 3 is 2.15 bits per heavy atom. The van der Waals surface area contributed by atoms with E-state index in [1.807, 2.05) is 24.3 Å². The van der Waals surface area contributed by atoms with Gasteiger partial charge in [0.05, 0.1) is 0 Å². The first-order valence-corrected chi connectivity index (χ1v) is 9.28. The second kappa shape index (κ2) is 9.33. The third kappa shape index (κ3) is 6.87. The van der Waals surface area contributed by atoms with E-state index in [0.29, 0.717) is 17.7 Å². The van der Waals surface area contributed by atoms with E-state index in [0.717, 1.165) is 24.3 Å². The molecule has 0 spiro atoms. The fraction of sp³-hybridized carbons (Fsp3) is 0.364. The first-order valence-electron chi connectivity index (χ1n) is 9.28. The topological polar surface area (TPSA) is 70.2 Å². The summed E-state index contributed by atoms with van der Waals surface area (Å²) in [6, 6.07) is 14.4. The van der Waals surface area contributed by atoms with Crippen LogP contribution in [0.5, 0.6) is 0 Å². The van der Waals surface area contributed by atoms with E-state index < -0.39 is 0 Å². The van der Waals surface area contributed by atoms with Gasteiger partial charge in [-0.15, -0.1) is 0 Å². The van der Waals surface area contributed by atoms with E-state index in [1.54, 1.807) is 24.3 Å². The number of benzene rings is 2. The smallest absolute Gasteiger partial charge is 0.255 e. The lowest BCUT2D eigenvalue weighted by Gasteiger charge is -2.18. The van der Waals surface area contributed by atoms with Gasteiger partial charge >= 0.3 is 0 Å². The van der Waals surface area contributed by atoms with Gasteiger partial charge in [-0.05, 0) is 53.9 Å². The van der Waals surface area contributed by atoms with Crippen molar-refractivity contribution in [3.8, 4) is 0 Å². The summed E-state index contributed by atoms with van der Waals surface area (Å²) < 4.78 is 0. The molecule has 2 aromatic carbocycles. The van der Waals surface area contributed by atoms with E-state index in [-0.39, 0.29) is 17.2 Å². The fourth-order valence-electron chi connectivity index (χ4n) is 2.45. The van der Waals surface area contributed by atoms with Crippen molar-refractivity contribution in [3.05, 3.63) is 65.2 Å². The third-order valence-corrected chi connectivity index (χ3v) is 3.95. The molecule has 0 aliphatic rings. The lowest BCUT2D eigenvalue weighted by atomic mass is 9.97. The zero-order valence-corrected chi connectivity index (χ0v) is 16.6. The Morgan fingerprint density at radius 2 is 1.56 bits per heavy atom. The van der Waals surface area contributed by atoms with Gasteiger partial charge in [-0.2, -0.15) is 0 Å². The SMILES string of the molecule is CCNCc1cccc(NC(=O)c2ccc(C(=O)NCC(C)(C)C)cc2)c1. The summed E-state index contributed by atoms with van der Waals surface area (Å²) in [4.78, 5) is 24.6. The summed E-state index contributed by atoms with van der Waals surface area (Å²) in [7, 11) is 0. The Morgan fingerprint density at radius 1 is 0.926 bits per heavy atom. The first kappa shape index (κ1) is 20.6. The molecule has 5 nitrogen and oxygen atoms in total. The first-order chi connectivity index (χ1) is 12.8. The van der Waals surface area contributed by atoms with Crippen LogP contribution >= 0.6 is 0 Å². The van der Waals surface area contributed by atoms with Crippen molar-refractivity contribution >= 4 is 17.5 Å². The largest absolute Gasteiger partial charge is 0.352 e. The van der Waals surface area contributed by atoms with Crippen LogP contribution in [-0.2, 0) is 6.54 Å². The van der Waals surface area contributed by atoms with Crippen LogP contribution in [-0.4, -0.2) is 24.9 Å². The second-order valence-electron chi connectivity index (χ2n) is 7.76. The molecule has 0 aromatic heterocycles. The van der Waals surface area contributed by atoms with Gasteiger partial charge in [-0.3, -0.25) is 9.59 Å². The van der Waals surface area contributed by atoms with E-state index >= 15 is 0 Å². The zero-order chi connectivity index (χ0) is 19.9. The third-order valence-electron chi connectivity index (χ3n) is 3.95. The monoisotopic (exact) mass is 367 g/mol. The minimum Gasteiger partial charge on any atom is -0.352 e. The molecule has 3 N–H and O–H groups in total. The van der Waals surface area contributed by atoms with Crippen LogP contribution in [0.1, 0.15) is 54.0 Å². The minimum absolute atomic E-state index is 0.0245. The second-order valence-corrected chi connectivity index (χ2v) is 7.76. The highest BCUT2D eigenvalue weighted by molar-refractivity contribution is 6.05. The highest BCUT2D eigenvalue weighted by Crippen LogP contribution is 2.14. The van der Waals surface area contributed by atoms with Gasteiger partial charge in [0.25, 0.3) is 11.8 Å². The molecule has 144 valence electrons. The molecule has 0 unspecified atom stereocenters. The number of hydrogen-bond acceptors (Lipinski definition) is 3. The van der Waals surface area contributed by atoms with Gasteiger partial charge in [-0.25, -0.2) is 0 Å². The van der Waals surface area contributed by atoms with Crippen molar-refractivity contribution < 1.29 is 9.59 Å². The molecule has 2 rings (SSSR count). The highest BCUT2D eigenvalue weighted by Gasteiger charge is 2.14. The number of rotatable bonds is 7. The van der Waals surface area contributed by atoms with Crippen LogP contribution in [0.15, 0.2) is 48.5 Å². The fourth-order valence-corrected chi connectivity index (χ4v) is 2.45. The van der Waals surface area contributed by atoms with Gasteiger partial charge in [0.2, 0.25) is 0 Å². The molecule has 0 aliphatic heterocycles. The predicted octanol–water partition coefficient (Wildman–Crippen LogP) is 3.82. The Kier molecular flexibility index (Phi) is 7.13. The molecule has 0 saturated carbocycles. The highest BCUT2D eigenvalue weighted by atomic mass is 16.2. The Balaban J connectivity index is 1.98. The summed E-state index contributed by atoms with van der Waals surface area (Å²) in [6.45, 7) is 10.5. The molecule has 0 fully saturated rings. The molecule has 0 bridgehead atoms. The molecular weight excluding hydrogens is 338 g/mol. The molecule has 2 aromatic rings. The van der Waals surface area contributed by atoms with Gasteiger partial charge < -0.3 is 16.0 Å². The van der Waals surface area contributed by atoms with Gasteiger partial charge in [0.15, 0.2) is 0 Å². The Bertz CT molecular complexity index is 777. The Hall–Kier alpha value is -2.66. The lowest BCUT2D eigenvalue weighted by molar-refractivity contribution is 0.0938. The van der Waals surface area contributed by atoms with Crippen molar-refractivity contribution in [3.63, 3.8) is 0 Å². The molecule has 0 heterocycles. The zero-order valence-electron chi connectivity index (χ0n) is 16.6. The van der Waals surface area contributed by atoms with Crippen LogP contribution < -0.4 is 16.0 Å².